The van der Waals surface area contributed by atoms with Crippen LogP contribution in [0.3, 0.4) is 0 Å². The fourth-order valence-corrected chi connectivity index (χ4v) is 6.40. The molecular weight excluding hydrogens is 544 g/mol. The minimum atomic E-state index is -4.01. The molecule has 2 aromatic carbocycles. The Hall–Kier alpha value is -4.39. The zero-order valence-electron chi connectivity index (χ0n) is 22.7. The van der Waals surface area contributed by atoms with Crippen LogP contribution in [-0.4, -0.2) is 61.8 Å². The first-order valence-electron chi connectivity index (χ1n) is 13.2. The Labute approximate surface area is 237 Å². The second kappa shape index (κ2) is 11.6. The Morgan fingerprint density at radius 1 is 1.02 bits per heavy atom. The molecule has 0 atom stereocenters. The van der Waals surface area contributed by atoms with Gasteiger partial charge in [0.15, 0.2) is 5.65 Å². The van der Waals surface area contributed by atoms with Gasteiger partial charge in [0.25, 0.3) is 15.7 Å². The molecule has 12 heteroatoms. The van der Waals surface area contributed by atoms with Gasteiger partial charge in [0, 0.05) is 60.7 Å². The minimum Gasteiger partial charge on any atom is -0.395 e. The summed E-state index contributed by atoms with van der Waals surface area (Å²) in [6.07, 6.45) is 3.46. The summed E-state index contributed by atoms with van der Waals surface area (Å²) >= 11 is 0. The van der Waals surface area contributed by atoms with E-state index in [2.05, 4.69) is 4.98 Å². The first kappa shape index (κ1) is 28.1. The Morgan fingerprint density at radius 2 is 1.76 bits per heavy atom. The van der Waals surface area contributed by atoms with Gasteiger partial charge in [-0.1, -0.05) is 25.1 Å². The van der Waals surface area contributed by atoms with E-state index in [1.54, 1.807) is 53.3 Å². The zero-order valence-corrected chi connectivity index (χ0v) is 23.5. The second-order valence-electron chi connectivity index (χ2n) is 9.46. The van der Waals surface area contributed by atoms with Crippen LogP contribution in [0.25, 0.3) is 33.4 Å². The van der Waals surface area contributed by atoms with Crippen molar-refractivity contribution in [3.8, 4) is 22.4 Å². The number of hydrogen-bond donors (Lipinski definition) is 1. The summed E-state index contributed by atoms with van der Waals surface area (Å²) in [6, 6.07) is 18.1. The van der Waals surface area contributed by atoms with Gasteiger partial charge in [0.05, 0.1) is 22.1 Å². The maximum Gasteiger partial charge on any atom is 0.269 e. The van der Waals surface area contributed by atoms with Crippen molar-refractivity contribution in [3.63, 3.8) is 0 Å². The highest BCUT2D eigenvalue weighted by Crippen LogP contribution is 2.37. The lowest BCUT2D eigenvalue weighted by Crippen LogP contribution is -2.28. The molecule has 0 aliphatic heterocycles. The van der Waals surface area contributed by atoms with Gasteiger partial charge < -0.3 is 5.11 Å². The number of aliphatic hydroxyl groups excluding tert-OH is 1. The molecule has 1 N–H and O–H groups in total. The Morgan fingerprint density at radius 3 is 2.39 bits per heavy atom. The largest absolute Gasteiger partial charge is 0.395 e. The molecule has 212 valence electrons. The first-order valence-corrected chi connectivity index (χ1v) is 14.7. The molecule has 3 aromatic heterocycles. The van der Waals surface area contributed by atoms with Gasteiger partial charge in [-0.05, 0) is 55.4 Å². The van der Waals surface area contributed by atoms with Crippen LogP contribution < -0.4 is 0 Å². The minimum absolute atomic E-state index is 0.0206. The van der Waals surface area contributed by atoms with E-state index in [0.29, 0.717) is 42.0 Å². The van der Waals surface area contributed by atoms with Crippen LogP contribution in [-0.2, 0) is 23.1 Å². The highest BCUT2D eigenvalue weighted by Gasteiger charge is 2.27. The molecule has 11 nitrogen and oxygen atoms in total. The third-order valence-corrected chi connectivity index (χ3v) is 8.75. The lowest BCUT2D eigenvalue weighted by molar-refractivity contribution is -0.384. The number of likely N-dealkylation sites (N-methyl/N-ethyl adjacent to an activating group) is 1. The molecule has 0 fully saturated rings. The predicted molar refractivity (Wildman–Crippen MR) is 156 cm³/mol. The molecule has 0 unspecified atom stereocenters. The maximum atomic E-state index is 14.0. The number of aliphatic hydroxyl groups is 1. The monoisotopic (exact) mass is 574 g/mol. The molecule has 41 heavy (non-hydrogen) atoms. The number of fused-ring (bicyclic) bond motifs is 1. The average molecular weight is 575 g/mol. The molecular formula is C29H30N6O5S. The zero-order chi connectivity index (χ0) is 29.1. The van der Waals surface area contributed by atoms with Crippen LogP contribution in [0.4, 0.5) is 5.69 Å². The Kier molecular flexibility index (Phi) is 7.97. The number of pyridine rings is 1. The number of hydrogen-bond acceptors (Lipinski definition) is 8. The number of rotatable bonds is 11. The van der Waals surface area contributed by atoms with Crippen molar-refractivity contribution in [1.82, 2.24) is 23.6 Å². The summed E-state index contributed by atoms with van der Waals surface area (Å²) in [6.45, 7) is 5.72. The Balaban J connectivity index is 1.75. The van der Waals surface area contributed by atoms with Gasteiger partial charge in [-0.15, -0.1) is 0 Å². The summed E-state index contributed by atoms with van der Waals surface area (Å²) in [5, 5.41) is 26.1. The molecule has 0 spiro atoms. The van der Waals surface area contributed by atoms with Gasteiger partial charge in [-0.25, -0.2) is 17.4 Å². The van der Waals surface area contributed by atoms with E-state index in [0.717, 1.165) is 11.1 Å². The van der Waals surface area contributed by atoms with Crippen molar-refractivity contribution in [2.24, 2.45) is 0 Å². The van der Waals surface area contributed by atoms with Crippen molar-refractivity contribution in [3.05, 3.63) is 94.9 Å². The number of nitro groups is 1. The SMILES string of the molecule is CCN(CCO)Cc1cc2c(-c3cn(CC)nc3-c3ccc([N+](=O)[O-])cc3)ccnc2n1S(=O)(=O)c1ccccc1. The van der Waals surface area contributed by atoms with Crippen LogP contribution in [0.15, 0.2) is 84.0 Å². The van der Waals surface area contributed by atoms with E-state index >= 15 is 0 Å². The average Bonchev–Trinajstić information content (AvgIpc) is 3.59. The van der Waals surface area contributed by atoms with Crippen molar-refractivity contribution in [2.45, 2.75) is 31.8 Å². The van der Waals surface area contributed by atoms with Crippen molar-refractivity contribution in [2.75, 3.05) is 19.7 Å². The van der Waals surface area contributed by atoms with Crippen LogP contribution in [0, 0.1) is 10.1 Å². The van der Waals surface area contributed by atoms with Crippen LogP contribution in [0.1, 0.15) is 19.5 Å². The molecule has 0 amide bonds. The molecule has 5 rings (SSSR count). The van der Waals surface area contributed by atoms with Gasteiger partial charge in [-0.3, -0.25) is 19.7 Å². The van der Waals surface area contributed by atoms with Crippen LogP contribution in [0.5, 0.6) is 0 Å². The topological polar surface area (TPSA) is 136 Å². The van der Waals surface area contributed by atoms with Gasteiger partial charge in [-0.2, -0.15) is 5.10 Å². The number of non-ortho nitro benzene ring substituents is 1. The summed E-state index contributed by atoms with van der Waals surface area (Å²) < 4.78 is 31.1. The van der Waals surface area contributed by atoms with Gasteiger partial charge in [0.2, 0.25) is 0 Å². The third-order valence-electron chi connectivity index (χ3n) is 6.99. The summed E-state index contributed by atoms with van der Waals surface area (Å²) in [7, 11) is -4.01. The predicted octanol–water partition coefficient (Wildman–Crippen LogP) is 4.55. The van der Waals surface area contributed by atoms with Crippen molar-refractivity contribution >= 4 is 26.7 Å². The lowest BCUT2D eigenvalue weighted by Gasteiger charge is -2.20. The molecule has 0 aliphatic carbocycles. The fourth-order valence-electron chi connectivity index (χ4n) is 4.89. The second-order valence-corrected chi connectivity index (χ2v) is 11.2. The lowest BCUT2D eigenvalue weighted by atomic mass is 10.00. The van der Waals surface area contributed by atoms with Gasteiger partial charge in [0.1, 0.15) is 5.69 Å². The molecule has 3 heterocycles. The van der Waals surface area contributed by atoms with Crippen LogP contribution >= 0.6 is 0 Å². The van der Waals surface area contributed by atoms with E-state index in [4.69, 9.17) is 5.10 Å². The maximum absolute atomic E-state index is 14.0. The summed E-state index contributed by atoms with van der Waals surface area (Å²) in [5.74, 6) is 0. The van der Waals surface area contributed by atoms with E-state index in [1.807, 2.05) is 37.1 Å². The standard InChI is InChI=1S/C29H30N6O5S/c1-3-32(16-17-36)19-23-18-26-25(14-15-30-29(26)34(23)41(39,40)24-8-6-5-7-9-24)27-20-33(4-2)31-28(27)21-10-12-22(13-11-21)35(37)38/h5-15,18,20,36H,3-4,16-17,19H2,1-2H3. The molecule has 0 bridgehead atoms. The van der Waals surface area contributed by atoms with Crippen LogP contribution in [0.2, 0.25) is 0 Å². The van der Waals surface area contributed by atoms with Crippen molar-refractivity contribution in [1.29, 1.82) is 0 Å². The first-order chi connectivity index (χ1) is 19.8. The molecule has 0 saturated heterocycles. The number of aromatic nitrogens is 4. The number of nitro benzene ring substituents is 1. The van der Waals surface area contributed by atoms with E-state index in [1.165, 1.54) is 16.1 Å². The third kappa shape index (κ3) is 5.36. The fraction of sp³-hybridized carbons (Fsp3) is 0.241. The Bertz CT molecular complexity index is 1800. The molecule has 0 aliphatic rings. The van der Waals surface area contributed by atoms with E-state index in [9.17, 15) is 23.6 Å². The molecule has 0 radical (unpaired) electrons. The number of benzene rings is 2. The number of nitrogens with zero attached hydrogens (tertiary/aromatic N) is 6. The van der Waals surface area contributed by atoms with E-state index in [-0.39, 0.29) is 29.4 Å². The highest BCUT2D eigenvalue weighted by atomic mass is 32.2. The van der Waals surface area contributed by atoms with Gasteiger partial charge >= 0.3 is 0 Å². The van der Waals surface area contributed by atoms with E-state index < -0.39 is 14.9 Å². The van der Waals surface area contributed by atoms with Crippen molar-refractivity contribution < 1.29 is 18.4 Å². The number of aryl methyl sites for hydroxylation is 1. The molecule has 0 saturated carbocycles. The highest BCUT2D eigenvalue weighted by molar-refractivity contribution is 7.90. The summed E-state index contributed by atoms with van der Waals surface area (Å²) in [4.78, 5) is 17.4. The normalized spacial score (nSPS) is 11.9. The quantitative estimate of drug-likeness (QED) is 0.179. The molecule has 5 aromatic rings. The summed E-state index contributed by atoms with van der Waals surface area (Å²) in [5.41, 5.74) is 3.56. The smallest absolute Gasteiger partial charge is 0.269 e.